The van der Waals surface area contributed by atoms with E-state index in [4.69, 9.17) is 11.6 Å². The fraction of sp³-hybridized carbons (Fsp3) is 0. The van der Waals surface area contributed by atoms with E-state index >= 15 is 0 Å². The van der Waals surface area contributed by atoms with Crippen molar-refractivity contribution in [3.8, 4) is 11.8 Å². The third-order valence-corrected chi connectivity index (χ3v) is 5.89. The maximum Gasteiger partial charge on any atom is 0.263 e. The SMILES string of the molecule is N#Cc1cnn(-c2ccccc2)c1NS(=O)(=O)c1ccc(Br)c(Cl)c1. The van der Waals surface area contributed by atoms with E-state index in [2.05, 4.69) is 25.8 Å². The Hall–Kier alpha value is -2.34. The molecule has 1 aromatic heterocycles. The highest BCUT2D eigenvalue weighted by atomic mass is 79.9. The molecule has 25 heavy (non-hydrogen) atoms. The van der Waals surface area contributed by atoms with Gasteiger partial charge in [-0.05, 0) is 46.3 Å². The summed E-state index contributed by atoms with van der Waals surface area (Å²) in [5.74, 6) is 0.0627. The summed E-state index contributed by atoms with van der Waals surface area (Å²) in [5.41, 5.74) is 0.728. The predicted octanol–water partition coefficient (Wildman–Crippen LogP) is 3.96. The van der Waals surface area contributed by atoms with Gasteiger partial charge < -0.3 is 0 Å². The lowest BCUT2D eigenvalue weighted by molar-refractivity contribution is 0.600. The lowest BCUT2D eigenvalue weighted by atomic mass is 10.3. The van der Waals surface area contributed by atoms with Gasteiger partial charge in [-0.3, -0.25) is 4.72 Å². The smallest absolute Gasteiger partial charge is 0.262 e. The van der Waals surface area contributed by atoms with E-state index in [0.717, 1.165) is 0 Å². The van der Waals surface area contributed by atoms with Crippen molar-refractivity contribution in [2.45, 2.75) is 4.90 Å². The average molecular weight is 438 g/mol. The van der Waals surface area contributed by atoms with Crippen LogP contribution in [0.5, 0.6) is 0 Å². The molecule has 0 spiro atoms. The molecular formula is C16H10BrClN4O2S. The zero-order valence-corrected chi connectivity index (χ0v) is 15.7. The summed E-state index contributed by atoms with van der Waals surface area (Å²) in [6.45, 7) is 0. The highest BCUT2D eigenvalue weighted by Gasteiger charge is 2.21. The van der Waals surface area contributed by atoms with E-state index in [1.54, 1.807) is 24.3 Å². The number of nitriles is 1. The number of halogens is 2. The van der Waals surface area contributed by atoms with Crippen molar-refractivity contribution >= 4 is 43.4 Å². The van der Waals surface area contributed by atoms with Gasteiger partial charge in [-0.25, -0.2) is 13.1 Å². The van der Waals surface area contributed by atoms with Crippen LogP contribution in [-0.4, -0.2) is 18.2 Å². The maximum absolute atomic E-state index is 12.7. The average Bonchev–Trinajstić information content (AvgIpc) is 3.00. The van der Waals surface area contributed by atoms with E-state index < -0.39 is 10.0 Å². The van der Waals surface area contributed by atoms with Crippen LogP contribution in [0.2, 0.25) is 5.02 Å². The van der Waals surface area contributed by atoms with Crippen LogP contribution in [0.25, 0.3) is 5.69 Å². The van der Waals surface area contributed by atoms with Crippen molar-refractivity contribution in [3.63, 3.8) is 0 Å². The quantitative estimate of drug-likeness (QED) is 0.669. The summed E-state index contributed by atoms with van der Waals surface area (Å²) in [7, 11) is -3.95. The fourth-order valence-electron chi connectivity index (χ4n) is 2.12. The molecule has 0 saturated heterocycles. The number of hydrogen-bond donors (Lipinski definition) is 1. The molecule has 0 radical (unpaired) electrons. The Balaban J connectivity index is 2.07. The molecule has 0 amide bonds. The van der Waals surface area contributed by atoms with Gasteiger partial charge in [0.2, 0.25) is 0 Å². The van der Waals surface area contributed by atoms with E-state index in [1.165, 1.54) is 29.1 Å². The van der Waals surface area contributed by atoms with Crippen molar-refractivity contribution < 1.29 is 8.42 Å². The van der Waals surface area contributed by atoms with Gasteiger partial charge in [0.15, 0.2) is 5.82 Å². The first-order chi connectivity index (χ1) is 11.9. The Bertz CT molecular complexity index is 1080. The number of para-hydroxylation sites is 1. The lowest BCUT2D eigenvalue weighted by Gasteiger charge is -2.11. The zero-order valence-electron chi connectivity index (χ0n) is 12.5. The second-order valence-corrected chi connectivity index (χ2v) is 7.89. The van der Waals surface area contributed by atoms with Crippen LogP contribution in [0.4, 0.5) is 5.82 Å². The molecule has 9 heteroatoms. The van der Waals surface area contributed by atoms with Gasteiger partial charge >= 0.3 is 0 Å². The second-order valence-electron chi connectivity index (χ2n) is 4.95. The van der Waals surface area contributed by atoms with E-state index in [-0.39, 0.29) is 21.3 Å². The molecule has 3 aromatic rings. The minimum atomic E-state index is -3.95. The molecule has 0 saturated carbocycles. The molecular weight excluding hydrogens is 428 g/mol. The molecule has 3 rings (SSSR count). The van der Waals surface area contributed by atoms with Crippen molar-refractivity contribution in [1.82, 2.24) is 9.78 Å². The first-order valence-electron chi connectivity index (χ1n) is 6.94. The predicted molar refractivity (Wildman–Crippen MR) is 98.2 cm³/mol. The summed E-state index contributed by atoms with van der Waals surface area (Å²) < 4.78 is 29.7. The summed E-state index contributed by atoms with van der Waals surface area (Å²) in [4.78, 5) is -0.0228. The Labute approximate surface area is 157 Å². The van der Waals surface area contributed by atoms with Gasteiger partial charge in [0.25, 0.3) is 10.0 Å². The number of nitrogens with one attached hydrogen (secondary N) is 1. The number of aromatic nitrogens is 2. The Kier molecular flexibility index (Phi) is 4.81. The lowest BCUT2D eigenvalue weighted by Crippen LogP contribution is -2.16. The highest BCUT2D eigenvalue weighted by Crippen LogP contribution is 2.28. The van der Waals surface area contributed by atoms with Crippen LogP contribution < -0.4 is 4.72 Å². The minimum Gasteiger partial charge on any atom is -0.262 e. The molecule has 1 heterocycles. The molecule has 0 aliphatic heterocycles. The maximum atomic E-state index is 12.7. The monoisotopic (exact) mass is 436 g/mol. The van der Waals surface area contributed by atoms with Crippen LogP contribution in [0.3, 0.4) is 0 Å². The third kappa shape index (κ3) is 3.54. The van der Waals surface area contributed by atoms with Crippen molar-refractivity contribution in [3.05, 3.63) is 69.8 Å². The van der Waals surface area contributed by atoms with Crippen LogP contribution in [-0.2, 0) is 10.0 Å². The molecule has 0 fully saturated rings. The second kappa shape index (κ2) is 6.88. The number of nitrogens with zero attached hydrogens (tertiary/aromatic N) is 3. The fourth-order valence-corrected chi connectivity index (χ4v) is 3.70. The van der Waals surface area contributed by atoms with Crippen LogP contribution >= 0.6 is 27.5 Å². The van der Waals surface area contributed by atoms with Gasteiger partial charge in [0, 0.05) is 4.47 Å². The number of hydrogen-bond acceptors (Lipinski definition) is 4. The van der Waals surface area contributed by atoms with Crippen molar-refractivity contribution in [2.24, 2.45) is 0 Å². The Morgan fingerprint density at radius 1 is 1.20 bits per heavy atom. The Morgan fingerprint density at radius 2 is 1.92 bits per heavy atom. The van der Waals surface area contributed by atoms with Crippen LogP contribution in [0, 0.1) is 11.3 Å². The van der Waals surface area contributed by atoms with Gasteiger partial charge in [-0.1, -0.05) is 29.8 Å². The molecule has 0 bridgehead atoms. The molecule has 126 valence electrons. The number of benzene rings is 2. The molecule has 1 N–H and O–H groups in total. The standard InChI is InChI=1S/C16H10BrClN4O2S/c17-14-7-6-13(8-15(14)18)25(23,24)21-16-11(9-19)10-20-22(16)12-4-2-1-3-5-12/h1-8,10,21H. The molecule has 6 nitrogen and oxygen atoms in total. The summed E-state index contributed by atoms with van der Waals surface area (Å²) >= 11 is 9.20. The summed E-state index contributed by atoms with van der Waals surface area (Å²) in [6, 6.07) is 15.1. The number of sulfonamides is 1. The molecule has 0 aliphatic carbocycles. The summed E-state index contributed by atoms with van der Waals surface area (Å²) in [6.07, 6.45) is 1.30. The van der Waals surface area contributed by atoms with Gasteiger partial charge in [0.1, 0.15) is 11.6 Å². The van der Waals surface area contributed by atoms with Gasteiger partial charge in [-0.2, -0.15) is 10.4 Å². The van der Waals surface area contributed by atoms with E-state index in [9.17, 15) is 13.7 Å². The molecule has 0 atom stereocenters. The normalized spacial score (nSPS) is 11.1. The number of anilines is 1. The Morgan fingerprint density at radius 3 is 2.56 bits per heavy atom. The first kappa shape index (κ1) is 17.5. The van der Waals surface area contributed by atoms with Crippen molar-refractivity contribution in [2.75, 3.05) is 4.72 Å². The minimum absolute atomic E-state index is 0.0228. The molecule has 2 aromatic carbocycles. The third-order valence-electron chi connectivity index (χ3n) is 3.32. The largest absolute Gasteiger partial charge is 0.263 e. The van der Waals surface area contributed by atoms with Gasteiger partial charge in [-0.15, -0.1) is 0 Å². The first-order valence-corrected chi connectivity index (χ1v) is 9.59. The van der Waals surface area contributed by atoms with Crippen LogP contribution in [0.15, 0.2) is 64.1 Å². The van der Waals surface area contributed by atoms with Crippen molar-refractivity contribution in [1.29, 1.82) is 5.26 Å². The van der Waals surface area contributed by atoms with Gasteiger partial charge in [0.05, 0.1) is 21.8 Å². The molecule has 0 unspecified atom stereocenters. The summed E-state index contributed by atoms with van der Waals surface area (Å²) in [5, 5.41) is 13.6. The number of rotatable bonds is 4. The topological polar surface area (TPSA) is 87.8 Å². The van der Waals surface area contributed by atoms with Crippen LogP contribution in [0.1, 0.15) is 5.56 Å². The zero-order chi connectivity index (χ0) is 18.0. The van der Waals surface area contributed by atoms with E-state index in [1.807, 2.05) is 12.1 Å². The highest BCUT2D eigenvalue weighted by molar-refractivity contribution is 9.10. The van der Waals surface area contributed by atoms with E-state index in [0.29, 0.717) is 10.2 Å². The molecule has 0 aliphatic rings.